The van der Waals surface area contributed by atoms with Gasteiger partial charge in [-0.2, -0.15) is 0 Å². The minimum atomic E-state index is -0.716. The second-order valence-electron chi connectivity index (χ2n) is 3.52. The van der Waals surface area contributed by atoms with Crippen LogP contribution in [0.25, 0.3) is 0 Å². The van der Waals surface area contributed by atoms with E-state index >= 15 is 0 Å². The number of fused-ring (bicyclic) bond motifs is 1. The van der Waals surface area contributed by atoms with Crippen molar-refractivity contribution in [3.8, 4) is 0 Å². The second-order valence-corrected chi connectivity index (χ2v) is 4.14. The van der Waals surface area contributed by atoms with Gasteiger partial charge in [-0.25, -0.2) is 0 Å². The van der Waals surface area contributed by atoms with Crippen LogP contribution in [-0.2, 0) is 11.2 Å². The molecule has 1 aliphatic rings. The van der Waals surface area contributed by atoms with Crippen molar-refractivity contribution in [3.63, 3.8) is 0 Å². The SMILES string of the molecule is CC.O=C(O)C1Cc2ccccc2N(P)C1. The van der Waals surface area contributed by atoms with Crippen molar-refractivity contribution in [1.29, 1.82) is 0 Å². The number of benzene rings is 1. The highest BCUT2D eigenvalue weighted by atomic mass is 31.0. The summed E-state index contributed by atoms with van der Waals surface area (Å²) in [5, 5.41) is 8.95. The number of hydrogen-bond acceptors (Lipinski definition) is 2. The van der Waals surface area contributed by atoms with E-state index in [1.165, 1.54) is 0 Å². The maximum Gasteiger partial charge on any atom is 0.308 e. The molecule has 1 N–H and O–H groups in total. The number of anilines is 1. The summed E-state index contributed by atoms with van der Waals surface area (Å²) in [4.78, 5) is 10.9. The van der Waals surface area contributed by atoms with E-state index in [1.807, 2.05) is 42.8 Å². The Balaban J connectivity index is 0.000000606. The average Bonchev–Trinajstić information content (AvgIpc) is 2.31. The highest BCUT2D eigenvalue weighted by Gasteiger charge is 2.26. The standard InChI is InChI=1S/C10H12NO2P.C2H6/c12-10(13)8-5-7-3-1-2-4-9(7)11(14)6-8;1-2/h1-4,8H,5-6,14H2,(H,12,13);1-2H3. The average molecular weight is 239 g/mol. The molecule has 1 aromatic carbocycles. The number of nitrogens with zero attached hydrogens (tertiary/aromatic N) is 1. The van der Waals surface area contributed by atoms with Crippen molar-refractivity contribution in [2.45, 2.75) is 20.3 Å². The van der Waals surface area contributed by atoms with Crippen LogP contribution in [0.5, 0.6) is 0 Å². The van der Waals surface area contributed by atoms with Gasteiger partial charge in [-0.1, -0.05) is 32.0 Å². The van der Waals surface area contributed by atoms with Crippen molar-refractivity contribution < 1.29 is 9.90 Å². The first kappa shape index (κ1) is 13.0. The second kappa shape index (κ2) is 5.86. The summed E-state index contributed by atoms with van der Waals surface area (Å²) in [6.07, 6.45) is 0.635. The summed E-state index contributed by atoms with van der Waals surface area (Å²) in [5.74, 6) is -1.01. The minimum absolute atomic E-state index is 0.289. The van der Waals surface area contributed by atoms with Gasteiger partial charge in [0.25, 0.3) is 0 Å². The van der Waals surface area contributed by atoms with Crippen molar-refractivity contribution >= 4 is 21.0 Å². The van der Waals surface area contributed by atoms with Crippen LogP contribution in [0, 0.1) is 5.92 Å². The third-order valence-corrected chi connectivity index (χ3v) is 3.02. The highest BCUT2D eigenvalue weighted by molar-refractivity contribution is 7.19. The minimum Gasteiger partial charge on any atom is -0.481 e. The van der Waals surface area contributed by atoms with Crippen LogP contribution < -0.4 is 4.67 Å². The molecule has 1 heterocycles. The topological polar surface area (TPSA) is 40.5 Å². The summed E-state index contributed by atoms with van der Waals surface area (Å²) in [6.45, 7) is 4.57. The van der Waals surface area contributed by atoms with Gasteiger partial charge in [0.15, 0.2) is 0 Å². The van der Waals surface area contributed by atoms with E-state index in [2.05, 4.69) is 9.39 Å². The summed E-state index contributed by atoms with van der Waals surface area (Å²) in [6, 6.07) is 7.92. The first-order valence-electron chi connectivity index (χ1n) is 5.51. The Kier molecular flexibility index (Phi) is 4.75. The van der Waals surface area contributed by atoms with E-state index in [1.54, 1.807) is 0 Å². The van der Waals surface area contributed by atoms with Gasteiger partial charge in [0, 0.05) is 12.2 Å². The zero-order valence-electron chi connectivity index (χ0n) is 9.68. The summed E-state index contributed by atoms with van der Waals surface area (Å²) >= 11 is 0. The highest BCUT2D eigenvalue weighted by Crippen LogP contribution is 2.31. The van der Waals surface area contributed by atoms with Crippen molar-refractivity contribution in [2.75, 3.05) is 11.2 Å². The molecule has 0 spiro atoms. The van der Waals surface area contributed by atoms with Gasteiger partial charge in [-0.05, 0) is 27.4 Å². The molecule has 2 unspecified atom stereocenters. The Bertz CT molecular complexity index is 368. The molecule has 0 aliphatic carbocycles. The molecule has 0 fully saturated rings. The normalized spacial score (nSPS) is 18.2. The Morgan fingerprint density at radius 3 is 2.69 bits per heavy atom. The molecule has 88 valence electrons. The molecule has 2 rings (SSSR count). The summed E-state index contributed by atoms with van der Waals surface area (Å²) in [5.41, 5.74) is 2.23. The van der Waals surface area contributed by atoms with E-state index in [9.17, 15) is 4.79 Å². The van der Waals surface area contributed by atoms with Crippen LogP contribution in [-0.4, -0.2) is 17.6 Å². The third-order valence-electron chi connectivity index (χ3n) is 2.53. The van der Waals surface area contributed by atoms with Crippen LogP contribution in [0.4, 0.5) is 5.69 Å². The molecular weight excluding hydrogens is 221 g/mol. The van der Waals surface area contributed by atoms with Crippen LogP contribution in [0.3, 0.4) is 0 Å². The maximum atomic E-state index is 10.9. The van der Waals surface area contributed by atoms with E-state index in [0.29, 0.717) is 13.0 Å². The molecular formula is C12H18NO2P. The molecule has 1 aliphatic heterocycles. The van der Waals surface area contributed by atoms with E-state index in [0.717, 1.165) is 11.3 Å². The largest absolute Gasteiger partial charge is 0.481 e. The molecule has 0 bridgehead atoms. The fourth-order valence-corrected chi connectivity index (χ4v) is 2.30. The molecule has 3 nitrogen and oxygen atoms in total. The van der Waals surface area contributed by atoms with Gasteiger partial charge in [0.2, 0.25) is 0 Å². The number of aliphatic carboxylic acids is 1. The Morgan fingerprint density at radius 2 is 2.06 bits per heavy atom. The summed E-state index contributed by atoms with van der Waals surface area (Å²) in [7, 11) is 2.57. The molecule has 0 aromatic heterocycles. The van der Waals surface area contributed by atoms with Gasteiger partial charge in [-0.15, -0.1) is 0 Å². The van der Waals surface area contributed by atoms with Crippen LogP contribution >= 0.6 is 9.39 Å². The molecule has 0 saturated heterocycles. The number of rotatable bonds is 1. The lowest BCUT2D eigenvalue weighted by atomic mass is 9.94. The number of para-hydroxylation sites is 1. The Morgan fingerprint density at radius 1 is 1.44 bits per heavy atom. The molecule has 0 radical (unpaired) electrons. The Hall–Kier alpha value is -1.08. The van der Waals surface area contributed by atoms with Gasteiger partial charge in [-0.3, -0.25) is 4.79 Å². The van der Waals surface area contributed by atoms with E-state index in [4.69, 9.17) is 5.11 Å². The lowest BCUT2D eigenvalue weighted by Gasteiger charge is -2.30. The molecule has 0 amide bonds. The quantitative estimate of drug-likeness (QED) is 0.766. The van der Waals surface area contributed by atoms with Crippen LogP contribution in [0.2, 0.25) is 0 Å². The predicted molar refractivity (Wildman–Crippen MR) is 69.7 cm³/mol. The van der Waals surface area contributed by atoms with Gasteiger partial charge in [0.05, 0.1) is 5.92 Å². The predicted octanol–water partition coefficient (Wildman–Crippen LogP) is 2.57. The molecule has 4 heteroatoms. The Labute approximate surface area is 98.7 Å². The van der Waals surface area contributed by atoms with Crippen LogP contribution in [0.15, 0.2) is 24.3 Å². The zero-order chi connectivity index (χ0) is 12.1. The first-order valence-corrected chi connectivity index (χ1v) is 6.03. The summed E-state index contributed by atoms with van der Waals surface area (Å²) < 4.78 is 1.93. The van der Waals surface area contributed by atoms with Gasteiger partial charge in [0.1, 0.15) is 0 Å². The molecule has 2 atom stereocenters. The van der Waals surface area contributed by atoms with Crippen LogP contribution in [0.1, 0.15) is 19.4 Å². The lowest BCUT2D eigenvalue weighted by Crippen LogP contribution is -2.33. The molecule has 16 heavy (non-hydrogen) atoms. The van der Waals surface area contributed by atoms with Crippen molar-refractivity contribution in [3.05, 3.63) is 29.8 Å². The van der Waals surface area contributed by atoms with Gasteiger partial charge < -0.3 is 9.78 Å². The fourth-order valence-electron chi connectivity index (χ4n) is 1.79. The zero-order valence-corrected chi connectivity index (χ0v) is 10.8. The van der Waals surface area contributed by atoms with E-state index < -0.39 is 5.97 Å². The maximum absolute atomic E-state index is 10.9. The number of carbonyl (C=O) groups is 1. The number of carboxylic acids is 1. The third kappa shape index (κ3) is 2.73. The molecule has 0 saturated carbocycles. The van der Waals surface area contributed by atoms with Gasteiger partial charge >= 0.3 is 5.97 Å². The number of carboxylic acid groups (broad SMARTS) is 1. The monoisotopic (exact) mass is 239 g/mol. The molecule has 1 aromatic rings. The smallest absolute Gasteiger partial charge is 0.308 e. The van der Waals surface area contributed by atoms with Crippen molar-refractivity contribution in [1.82, 2.24) is 0 Å². The van der Waals surface area contributed by atoms with E-state index in [-0.39, 0.29) is 5.92 Å². The fraction of sp³-hybridized carbons (Fsp3) is 0.417. The first-order chi connectivity index (χ1) is 7.68. The lowest BCUT2D eigenvalue weighted by molar-refractivity contribution is -0.141. The van der Waals surface area contributed by atoms with Crippen molar-refractivity contribution in [2.24, 2.45) is 5.92 Å². The number of hydrogen-bond donors (Lipinski definition) is 1.